The summed E-state index contributed by atoms with van der Waals surface area (Å²) in [6.07, 6.45) is -0.920. The van der Waals surface area contributed by atoms with E-state index >= 15 is 0 Å². The molecule has 0 amide bonds. The normalized spacial score (nSPS) is 19.1. The lowest BCUT2D eigenvalue weighted by Gasteiger charge is -2.41. The number of rotatable bonds is 14. The Balaban J connectivity index is 1.55. The Kier molecular flexibility index (Phi) is 10.3. The molecule has 1 fully saturated rings. The Morgan fingerprint density at radius 1 is 0.829 bits per heavy atom. The van der Waals surface area contributed by atoms with Crippen molar-refractivity contribution in [3.63, 3.8) is 0 Å². The van der Waals surface area contributed by atoms with Gasteiger partial charge in [0, 0.05) is 6.42 Å². The van der Waals surface area contributed by atoms with Crippen LogP contribution in [0, 0.1) is 6.92 Å². The topological polar surface area (TPSA) is 74.4 Å². The second-order valence-electron chi connectivity index (χ2n) is 12.4. The van der Waals surface area contributed by atoms with Crippen molar-refractivity contribution in [2.45, 2.75) is 94.1 Å². The molecule has 4 atom stereocenters. The summed E-state index contributed by atoms with van der Waals surface area (Å²) in [6, 6.07) is 26.9. The average molecular weight is 597 g/mol. The van der Waals surface area contributed by atoms with Gasteiger partial charge < -0.3 is 18.6 Å². The molecular formula is C33H44O6SSi. The maximum absolute atomic E-state index is 13.3. The van der Waals surface area contributed by atoms with Crippen molar-refractivity contribution in [2.24, 2.45) is 0 Å². The second kappa shape index (κ2) is 13.3. The molecule has 0 radical (unpaired) electrons. The van der Waals surface area contributed by atoms with Crippen molar-refractivity contribution in [3.05, 3.63) is 102 Å². The predicted molar refractivity (Wildman–Crippen MR) is 165 cm³/mol. The summed E-state index contributed by atoms with van der Waals surface area (Å²) in [5.41, 5.74) is 2.23. The van der Waals surface area contributed by atoms with Gasteiger partial charge in [0.15, 0.2) is 13.8 Å². The summed E-state index contributed by atoms with van der Waals surface area (Å²) in [5, 5.41) is -0.0257. The summed E-state index contributed by atoms with van der Waals surface area (Å²) in [4.78, 5) is 0.276. The Labute approximate surface area is 247 Å². The number of sulfone groups is 1. The van der Waals surface area contributed by atoms with Crippen LogP contribution in [0.5, 0.6) is 0 Å². The van der Waals surface area contributed by atoms with Crippen molar-refractivity contribution >= 4 is 18.2 Å². The highest BCUT2D eigenvalue weighted by Crippen LogP contribution is 2.40. The fourth-order valence-corrected chi connectivity index (χ4v) is 7.32. The summed E-state index contributed by atoms with van der Waals surface area (Å²) in [5.74, 6) is 0. The van der Waals surface area contributed by atoms with Crippen LogP contribution in [0.15, 0.2) is 89.8 Å². The van der Waals surface area contributed by atoms with Gasteiger partial charge in [-0.15, -0.1) is 0 Å². The zero-order valence-electron chi connectivity index (χ0n) is 25.1. The van der Waals surface area contributed by atoms with Gasteiger partial charge in [-0.1, -0.05) is 99.1 Å². The van der Waals surface area contributed by atoms with E-state index in [1.807, 2.05) is 79.7 Å². The first-order valence-corrected chi connectivity index (χ1v) is 18.7. The van der Waals surface area contributed by atoms with Crippen molar-refractivity contribution in [1.82, 2.24) is 0 Å². The van der Waals surface area contributed by atoms with Gasteiger partial charge in [-0.05, 0) is 48.3 Å². The zero-order valence-corrected chi connectivity index (χ0v) is 26.9. The Morgan fingerprint density at radius 3 is 1.95 bits per heavy atom. The number of hydrogen-bond acceptors (Lipinski definition) is 6. The fraction of sp³-hybridized carbons (Fsp3) is 0.455. The standard InChI is InChI=1S/C33H44O6SSi/c1-25-17-19-28(20-18-25)40(34,35)32-30(38-32)21-29(37-23-27-15-11-8-12-16-27)31(39-41(5,6)33(2,3)4)24-36-22-26-13-9-7-10-14-26/h7-20,29-32H,21-24H2,1-6H3/t29-,30+,31+,32?/m0/s1. The van der Waals surface area contributed by atoms with Crippen LogP contribution in [0.1, 0.15) is 43.9 Å². The number of hydrogen-bond donors (Lipinski definition) is 0. The van der Waals surface area contributed by atoms with Crippen LogP contribution < -0.4 is 0 Å². The van der Waals surface area contributed by atoms with Crippen LogP contribution in [-0.4, -0.2) is 47.1 Å². The maximum Gasteiger partial charge on any atom is 0.207 e. The largest absolute Gasteiger partial charge is 0.409 e. The summed E-state index contributed by atoms with van der Waals surface area (Å²) in [6.45, 7) is 14.1. The monoisotopic (exact) mass is 596 g/mol. The summed E-state index contributed by atoms with van der Waals surface area (Å²) < 4.78 is 52.1. The van der Waals surface area contributed by atoms with Gasteiger partial charge in [-0.3, -0.25) is 0 Å². The Hall–Kier alpha value is -2.33. The van der Waals surface area contributed by atoms with E-state index in [0.717, 1.165) is 16.7 Å². The molecule has 6 nitrogen and oxygen atoms in total. The van der Waals surface area contributed by atoms with E-state index < -0.39 is 41.9 Å². The Bertz CT molecular complexity index is 1340. The lowest BCUT2D eigenvalue weighted by molar-refractivity contribution is -0.0796. The first kappa shape index (κ1) is 31.6. The van der Waals surface area contributed by atoms with E-state index in [1.54, 1.807) is 12.1 Å². The highest BCUT2D eigenvalue weighted by Gasteiger charge is 2.52. The number of aryl methyl sites for hydroxylation is 1. The molecule has 0 aliphatic carbocycles. The van der Waals surface area contributed by atoms with Gasteiger partial charge in [0.2, 0.25) is 9.84 Å². The number of benzene rings is 3. The van der Waals surface area contributed by atoms with Gasteiger partial charge in [-0.25, -0.2) is 8.42 Å². The Morgan fingerprint density at radius 2 is 1.39 bits per heavy atom. The number of ether oxygens (including phenoxy) is 3. The van der Waals surface area contributed by atoms with Crippen molar-refractivity contribution in [1.29, 1.82) is 0 Å². The third-order valence-corrected chi connectivity index (χ3v) is 14.5. The van der Waals surface area contributed by atoms with Crippen LogP contribution >= 0.6 is 0 Å². The molecule has 0 N–H and O–H groups in total. The minimum Gasteiger partial charge on any atom is -0.409 e. The van der Waals surface area contributed by atoms with E-state index in [-0.39, 0.29) is 9.93 Å². The van der Waals surface area contributed by atoms with Gasteiger partial charge in [-0.2, -0.15) is 0 Å². The van der Waals surface area contributed by atoms with Gasteiger partial charge >= 0.3 is 0 Å². The third-order valence-electron chi connectivity index (χ3n) is 8.02. The lowest BCUT2D eigenvalue weighted by Crippen LogP contribution is -2.49. The van der Waals surface area contributed by atoms with E-state index in [0.29, 0.717) is 26.2 Å². The van der Waals surface area contributed by atoms with Crippen LogP contribution in [-0.2, 0) is 41.7 Å². The van der Waals surface area contributed by atoms with Gasteiger partial charge in [0.05, 0.1) is 36.9 Å². The molecule has 0 bridgehead atoms. The molecule has 1 saturated heterocycles. The van der Waals surface area contributed by atoms with Crippen LogP contribution in [0.3, 0.4) is 0 Å². The molecule has 1 unspecified atom stereocenters. The first-order chi connectivity index (χ1) is 19.4. The lowest BCUT2D eigenvalue weighted by atomic mass is 10.1. The highest BCUT2D eigenvalue weighted by atomic mass is 32.2. The average Bonchev–Trinajstić information content (AvgIpc) is 3.71. The fourth-order valence-electron chi connectivity index (χ4n) is 4.40. The molecule has 0 saturated carbocycles. The van der Waals surface area contributed by atoms with Crippen LogP contribution in [0.2, 0.25) is 18.1 Å². The first-order valence-electron chi connectivity index (χ1n) is 14.3. The molecule has 3 aromatic rings. The number of epoxide rings is 1. The van der Waals surface area contributed by atoms with Gasteiger partial charge in [0.25, 0.3) is 0 Å². The van der Waals surface area contributed by atoms with E-state index in [4.69, 9.17) is 18.6 Å². The van der Waals surface area contributed by atoms with E-state index in [9.17, 15) is 8.42 Å². The minimum atomic E-state index is -3.62. The molecule has 0 spiro atoms. The quantitative estimate of drug-likeness (QED) is 0.146. The molecule has 3 aromatic carbocycles. The molecular weight excluding hydrogens is 553 g/mol. The maximum atomic E-state index is 13.3. The zero-order chi connectivity index (χ0) is 29.7. The SMILES string of the molecule is Cc1ccc(S(=O)(=O)C2O[C@@H]2C[C@H](OCc2ccccc2)[C@@H](COCc2ccccc2)O[Si](C)(C)C(C)(C)C)cc1. The molecule has 41 heavy (non-hydrogen) atoms. The molecule has 4 rings (SSSR count). The van der Waals surface area contributed by atoms with E-state index in [1.165, 1.54) is 0 Å². The molecule has 222 valence electrons. The smallest absolute Gasteiger partial charge is 0.207 e. The molecule has 1 aliphatic rings. The van der Waals surface area contributed by atoms with Gasteiger partial charge in [0.1, 0.15) is 6.10 Å². The van der Waals surface area contributed by atoms with Crippen LogP contribution in [0.25, 0.3) is 0 Å². The molecule has 1 heterocycles. The molecule has 8 heteroatoms. The van der Waals surface area contributed by atoms with Crippen molar-refractivity contribution in [3.8, 4) is 0 Å². The third kappa shape index (κ3) is 8.59. The van der Waals surface area contributed by atoms with Crippen molar-refractivity contribution in [2.75, 3.05) is 6.61 Å². The molecule has 1 aliphatic heterocycles. The van der Waals surface area contributed by atoms with Crippen molar-refractivity contribution < 1.29 is 27.1 Å². The highest BCUT2D eigenvalue weighted by molar-refractivity contribution is 7.92. The summed E-state index contributed by atoms with van der Waals surface area (Å²) >= 11 is 0. The molecule has 0 aromatic heterocycles. The predicted octanol–water partition coefficient (Wildman–Crippen LogP) is 7.08. The van der Waals surface area contributed by atoms with Crippen LogP contribution in [0.4, 0.5) is 0 Å². The minimum absolute atomic E-state index is 0.0257. The summed E-state index contributed by atoms with van der Waals surface area (Å²) in [7, 11) is -5.85. The second-order valence-corrected chi connectivity index (χ2v) is 19.2. The van der Waals surface area contributed by atoms with E-state index in [2.05, 4.69) is 33.9 Å².